The molecule has 2 aliphatic rings. The van der Waals surface area contributed by atoms with Crippen LogP contribution in [0, 0.1) is 10.8 Å². The Labute approximate surface area is 161 Å². The van der Waals surface area contributed by atoms with E-state index >= 15 is 0 Å². The van der Waals surface area contributed by atoms with Crippen LogP contribution in [-0.4, -0.2) is 114 Å². The van der Waals surface area contributed by atoms with Crippen molar-refractivity contribution in [2.75, 3.05) is 65.4 Å². The molecule has 13 heteroatoms. The molecular weight excluding hydrogens is 376 g/mol. The second kappa shape index (κ2) is 12.7. The quantitative estimate of drug-likeness (QED) is 0.175. The van der Waals surface area contributed by atoms with Gasteiger partial charge in [0.1, 0.15) is 0 Å². The fraction of sp³-hybridized carbons (Fsp3) is 0.857. The maximum atomic E-state index is 8.74. The third-order valence-electron chi connectivity index (χ3n) is 4.32. The fourth-order valence-electron chi connectivity index (χ4n) is 2.61. The van der Waals surface area contributed by atoms with E-state index in [0.717, 1.165) is 65.4 Å². The van der Waals surface area contributed by atoms with E-state index in [0.29, 0.717) is 0 Å². The van der Waals surface area contributed by atoms with Crippen LogP contribution in [0.4, 0.5) is 0 Å². The number of nitrogens with two attached hydrogens (primary N) is 2. The second-order valence-corrected chi connectivity index (χ2v) is 6.96. The van der Waals surface area contributed by atoms with Crippen molar-refractivity contribution in [3.63, 3.8) is 0 Å². The van der Waals surface area contributed by atoms with E-state index in [-0.39, 0.29) is 11.9 Å². The summed E-state index contributed by atoms with van der Waals surface area (Å²) in [7, 11) is -4.67. The van der Waals surface area contributed by atoms with Gasteiger partial charge in [-0.05, 0) is 13.1 Å². The number of piperazine rings is 2. The van der Waals surface area contributed by atoms with Gasteiger partial charge in [-0.1, -0.05) is 13.8 Å². The Balaban J connectivity index is 0.000000405. The summed E-state index contributed by atoms with van der Waals surface area (Å²) in [5, 5.41) is 14.4. The van der Waals surface area contributed by atoms with E-state index in [9.17, 15) is 0 Å². The number of nitrogens with one attached hydrogen (secondary N) is 2. The van der Waals surface area contributed by atoms with Crippen LogP contribution in [0.2, 0.25) is 0 Å². The van der Waals surface area contributed by atoms with Crippen molar-refractivity contribution in [1.29, 1.82) is 10.8 Å². The van der Waals surface area contributed by atoms with Gasteiger partial charge >= 0.3 is 10.4 Å². The van der Waals surface area contributed by atoms with Crippen molar-refractivity contribution < 1.29 is 17.5 Å². The number of guanidine groups is 2. The maximum absolute atomic E-state index is 8.74. The largest absolute Gasteiger partial charge is 0.394 e. The minimum atomic E-state index is -4.67. The Bertz CT molecular complexity index is 501. The third-order valence-corrected chi connectivity index (χ3v) is 4.32. The van der Waals surface area contributed by atoms with Crippen molar-refractivity contribution >= 4 is 22.3 Å². The molecule has 2 saturated heterocycles. The smallest absolute Gasteiger partial charge is 0.370 e. The van der Waals surface area contributed by atoms with E-state index in [4.69, 9.17) is 39.8 Å². The summed E-state index contributed by atoms with van der Waals surface area (Å²) in [6.07, 6.45) is 0. The molecule has 0 aromatic rings. The first-order valence-corrected chi connectivity index (χ1v) is 10.2. The molecule has 0 aliphatic carbocycles. The van der Waals surface area contributed by atoms with E-state index in [1.165, 1.54) is 0 Å². The topological polar surface area (TPSA) is 187 Å². The van der Waals surface area contributed by atoms with Gasteiger partial charge in [0, 0.05) is 52.4 Å². The van der Waals surface area contributed by atoms with Crippen molar-refractivity contribution in [1.82, 2.24) is 19.6 Å². The molecule has 27 heavy (non-hydrogen) atoms. The van der Waals surface area contributed by atoms with Crippen LogP contribution < -0.4 is 11.5 Å². The van der Waals surface area contributed by atoms with E-state index in [1.54, 1.807) is 0 Å². The molecule has 0 radical (unpaired) electrons. The highest BCUT2D eigenvalue weighted by Gasteiger charge is 2.16. The lowest BCUT2D eigenvalue weighted by molar-refractivity contribution is 0.188. The first-order valence-electron chi connectivity index (χ1n) is 8.80. The number of hydrogen-bond donors (Lipinski definition) is 6. The number of likely N-dealkylation sites (N-methyl/N-ethyl adjacent to an activating group) is 2. The minimum Gasteiger partial charge on any atom is -0.370 e. The molecule has 8 N–H and O–H groups in total. The summed E-state index contributed by atoms with van der Waals surface area (Å²) >= 11 is 0. The Morgan fingerprint density at radius 3 is 1.15 bits per heavy atom. The lowest BCUT2D eigenvalue weighted by Crippen LogP contribution is -2.50. The van der Waals surface area contributed by atoms with Crippen LogP contribution in [0.15, 0.2) is 0 Å². The molecule has 0 aromatic heterocycles. The lowest BCUT2D eigenvalue weighted by Gasteiger charge is -2.34. The Morgan fingerprint density at radius 1 is 0.778 bits per heavy atom. The predicted molar refractivity (Wildman–Crippen MR) is 105 cm³/mol. The minimum absolute atomic E-state index is 0.209. The predicted octanol–water partition coefficient (Wildman–Crippen LogP) is -1.62. The molecule has 0 saturated carbocycles. The molecule has 2 rings (SSSR count). The van der Waals surface area contributed by atoms with Crippen molar-refractivity contribution in [2.45, 2.75) is 13.8 Å². The van der Waals surface area contributed by atoms with Crippen molar-refractivity contribution in [3.8, 4) is 0 Å². The molecule has 2 aliphatic heterocycles. The SMILES string of the molecule is CCN1CCN(C(=N)N)CC1.CCN1CCN(C(=N)N)CC1.O=S(=O)(O)O. The molecule has 2 fully saturated rings. The summed E-state index contributed by atoms with van der Waals surface area (Å²) < 4.78 is 31.6. The zero-order chi connectivity index (χ0) is 21.0. The van der Waals surface area contributed by atoms with Crippen LogP contribution in [-0.2, 0) is 10.4 Å². The summed E-state index contributed by atoms with van der Waals surface area (Å²) in [6, 6.07) is 0. The second-order valence-electron chi connectivity index (χ2n) is 6.06. The van der Waals surface area contributed by atoms with Gasteiger partial charge in [-0.25, -0.2) is 0 Å². The number of hydrogen-bond acceptors (Lipinski definition) is 6. The van der Waals surface area contributed by atoms with E-state index < -0.39 is 10.4 Å². The maximum Gasteiger partial charge on any atom is 0.394 e. The monoisotopic (exact) mass is 410 g/mol. The lowest BCUT2D eigenvalue weighted by atomic mass is 10.3. The standard InChI is InChI=1S/2C7H16N4.H2O4S/c2*1-2-10-3-5-11(6-4-10)7(8)9;1-5(2,3)4/h2*2-6H2,1H3,(H3,8,9);(H2,1,2,3,4). The molecule has 0 bridgehead atoms. The fourth-order valence-corrected chi connectivity index (χ4v) is 2.61. The van der Waals surface area contributed by atoms with E-state index in [1.807, 2.05) is 9.80 Å². The van der Waals surface area contributed by atoms with E-state index in [2.05, 4.69) is 23.6 Å². The van der Waals surface area contributed by atoms with Crippen LogP contribution in [0.25, 0.3) is 0 Å². The van der Waals surface area contributed by atoms with Gasteiger partial charge < -0.3 is 31.1 Å². The Morgan fingerprint density at radius 2 is 1.00 bits per heavy atom. The first kappa shape index (κ1) is 25.3. The molecule has 0 spiro atoms. The molecule has 2 heterocycles. The summed E-state index contributed by atoms with van der Waals surface area (Å²) in [4.78, 5) is 8.54. The van der Waals surface area contributed by atoms with Crippen LogP contribution in [0.5, 0.6) is 0 Å². The number of nitrogens with zero attached hydrogens (tertiary/aromatic N) is 4. The normalized spacial score (nSPS) is 18.7. The first-order chi connectivity index (χ1) is 12.5. The summed E-state index contributed by atoms with van der Waals surface area (Å²) in [6.45, 7) is 14.3. The van der Waals surface area contributed by atoms with Gasteiger partial charge in [0.15, 0.2) is 11.9 Å². The van der Waals surface area contributed by atoms with Gasteiger partial charge in [-0.2, -0.15) is 8.42 Å². The Kier molecular flexibility index (Phi) is 11.9. The zero-order valence-corrected chi connectivity index (χ0v) is 17.0. The van der Waals surface area contributed by atoms with Crippen LogP contribution in [0.3, 0.4) is 0 Å². The van der Waals surface area contributed by atoms with Gasteiger partial charge in [0.2, 0.25) is 0 Å². The summed E-state index contributed by atoms with van der Waals surface area (Å²) in [5.41, 5.74) is 10.7. The van der Waals surface area contributed by atoms with Crippen LogP contribution in [0.1, 0.15) is 13.8 Å². The summed E-state index contributed by atoms with van der Waals surface area (Å²) in [5.74, 6) is 0.418. The highest BCUT2D eigenvalue weighted by atomic mass is 32.3. The van der Waals surface area contributed by atoms with Gasteiger partial charge in [0.05, 0.1) is 0 Å². The third kappa shape index (κ3) is 13.2. The molecule has 0 unspecified atom stereocenters. The molecule has 0 atom stereocenters. The van der Waals surface area contributed by atoms with Gasteiger partial charge in [-0.3, -0.25) is 19.9 Å². The highest BCUT2D eigenvalue weighted by Crippen LogP contribution is 1.99. The number of rotatable bonds is 2. The molecule has 160 valence electrons. The average molecular weight is 411 g/mol. The van der Waals surface area contributed by atoms with Gasteiger partial charge in [0.25, 0.3) is 0 Å². The average Bonchev–Trinajstić information content (AvgIpc) is 2.61. The highest BCUT2D eigenvalue weighted by molar-refractivity contribution is 7.79. The molecular formula is C14H34N8O4S. The Hall–Kier alpha value is -1.67. The zero-order valence-electron chi connectivity index (χ0n) is 16.1. The molecule has 0 amide bonds. The van der Waals surface area contributed by atoms with Gasteiger partial charge in [-0.15, -0.1) is 0 Å². The molecule has 12 nitrogen and oxygen atoms in total. The van der Waals surface area contributed by atoms with Crippen molar-refractivity contribution in [3.05, 3.63) is 0 Å². The molecule has 0 aromatic carbocycles. The van der Waals surface area contributed by atoms with Crippen molar-refractivity contribution in [2.24, 2.45) is 11.5 Å². The van der Waals surface area contributed by atoms with Crippen LogP contribution >= 0.6 is 0 Å².